The topological polar surface area (TPSA) is 282 Å². The van der Waals surface area contributed by atoms with E-state index in [9.17, 15) is 44.1 Å². The summed E-state index contributed by atoms with van der Waals surface area (Å²) in [6, 6.07) is 10.8. The largest absolute Gasteiger partial charge is 0.508 e. The number of nitrogens with one attached hydrogen (secondary N) is 1. The van der Waals surface area contributed by atoms with E-state index in [0.29, 0.717) is 69.0 Å². The molecule has 2 aromatic rings. The highest BCUT2D eigenvalue weighted by Crippen LogP contribution is 2.35. The Labute approximate surface area is 375 Å². The lowest BCUT2D eigenvalue weighted by Gasteiger charge is -2.42. The summed E-state index contributed by atoms with van der Waals surface area (Å²) in [6.07, 6.45) is 8.33. The van der Waals surface area contributed by atoms with E-state index in [1.807, 2.05) is 34.6 Å². The third-order valence-corrected chi connectivity index (χ3v) is 11.6. The number of unbranched alkanes of at least 4 members (excludes halogenated alkanes) is 5. The number of amides is 3. The van der Waals surface area contributed by atoms with Crippen molar-refractivity contribution in [2.75, 3.05) is 6.54 Å². The van der Waals surface area contributed by atoms with Crippen molar-refractivity contribution in [2.24, 2.45) is 34.8 Å². The van der Waals surface area contributed by atoms with Crippen LogP contribution < -0.4 is 28.3 Å². The minimum Gasteiger partial charge on any atom is -0.508 e. The van der Waals surface area contributed by atoms with Crippen LogP contribution in [-0.4, -0.2) is 92.2 Å². The Morgan fingerprint density at radius 1 is 0.746 bits per heavy atom. The van der Waals surface area contributed by atoms with Crippen molar-refractivity contribution < 1.29 is 44.1 Å². The number of carboxylic acids is 1. The zero-order valence-electron chi connectivity index (χ0n) is 38.6. The van der Waals surface area contributed by atoms with Gasteiger partial charge in [0.05, 0.1) is 30.1 Å². The molecule has 3 amide bonds. The second kappa shape index (κ2) is 29.0. The number of phenolic OH excluding ortho intramolecular Hbond substituents is 1. The molecule has 15 heteroatoms. The van der Waals surface area contributed by atoms with E-state index in [1.165, 1.54) is 19.1 Å². The Morgan fingerprint density at radius 3 is 1.76 bits per heavy atom. The summed E-state index contributed by atoms with van der Waals surface area (Å²) in [6.45, 7) is 11.7. The molecule has 0 spiro atoms. The molecule has 0 aliphatic heterocycles. The van der Waals surface area contributed by atoms with Gasteiger partial charge in [0.15, 0.2) is 17.2 Å². The van der Waals surface area contributed by atoms with Gasteiger partial charge >= 0.3 is 5.97 Å². The number of carbonyl (C=O) groups is 6. The van der Waals surface area contributed by atoms with Crippen LogP contribution >= 0.6 is 0 Å². The van der Waals surface area contributed by atoms with Crippen molar-refractivity contribution in [2.45, 2.75) is 173 Å². The van der Waals surface area contributed by atoms with Crippen LogP contribution in [0.3, 0.4) is 0 Å². The standard InChI is InChI=1S/C26H44N4O5.C22H34N2O4/c1-3-5-7-15-26(25(34)35,16-8-9-17-27)30(23(32)21(28)10-6-4-2)24(33)22(29)18-19-11-13-20(31)14-12-19;1-5-6-12-18(23)20(26)16(4)22(28,17-10-8-7-9-11-17)21(27)19(24-14-25)13-15(2)3/h11-14,21-22,31H,3-10,15-18,27-29H2,1-2H3,(H,34,35);7-11,14-16,18-19,28H,5-6,12-13,23H2,1-4H3,(H,24,25). The molecule has 0 saturated heterocycles. The fourth-order valence-electron chi connectivity index (χ4n) is 7.73. The number of ketones is 2. The number of hydrogen-bond acceptors (Lipinski definition) is 12. The van der Waals surface area contributed by atoms with Gasteiger partial charge in [0.1, 0.15) is 11.3 Å². The molecule has 15 nitrogen and oxygen atoms in total. The Hall–Kier alpha value is -4.54. The van der Waals surface area contributed by atoms with Crippen LogP contribution in [0.15, 0.2) is 54.6 Å². The maximum absolute atomic E-state index is 13.7. The molecule has 0 fully saturated rings. The van der Waals surface area contributed by atoms with Gasteiger partial charge in [-0.2, -0.15) is 0 Å². The minimum atomic E-state index is -2.07. The monoisotopic (exact) mass is 883 g/mol. The summed E-state index contributed by atoms with van der Waals surface area (Å²) in [5.41, 5.74) is 21.4. The highest BCUT2D eigenvalue weighted by Gasteiger charge is 2.51. The maximum Gasteiger partial charge on any atom is 0.330 e. The number of benzene rings is 2. The average Bonchev–Trinajstić information content (AvgIpc) is 3.26. The number of aliphatic carboxylic acids is 1. The van der Waals surface area contributed by atoms with Gasteiger partial charge < -0.3 is 43.6 Å². The van der Waals surface area contributed by atoms with E-state index in [4.69, 9.17) is 22.9 Å². The molecule has 0 heterocycles. The Kier molecular flexibility index (Phi) is 26.0. The zero-order valence-corrected chi connectivity index (χ0v) is 38.6. The van der Waals surface area contributed by atoms with Crippen LogP contribution in [0.4, 0.5) is 0 Å². The quantitative estimate of drug-likeness (QED) is 0.0380. The number of hydrogen-bond donors (Lipinski definition) is 8. The highest BCUT2D eigenvalue weighted by atomic mass is 16.4. The van der Waals surface area contributed by atoms with Crippen molar-refractivity contribution in [3.8, 4) is 5.75 Å². The van der Waals surface area contributed by atoms with E-state index < -0.39 is 64.8 Å². The van der Waals surface area contributed by atoms with E-state index in [-0.39, 0.29) is 36.7 Å². The van der Waals surface area contributed by atoms with Gasteiger partial charge in [-0.25, -0.2) is 4.79 Å². The first kappa shape index (κ1) is 56.5. The molecule has 63 heavy (non-hydrogen) atoms. The van der Waals surface area contributed by atoms with Crippen molar-refractivity contribution in [3.63, 3.8) is 0 Å². The molecule has 7 atom stereocenters. The first-order valence-corrected chi connectivity index (χ1v) is 22.8. The van der Waals surface area contributed by atoms with Gasteiger partial charge in [-0.1, -0.05) is 129 Å². The van der Waals surface area contributed by atoms with E-state index in [1.54, 1.807) is 42.5 Å². The third kappa shape index (κ3) is 16.8. The molecule has 0 saturated carbocycles. The first-order valence-electron chi connectivity index (χ1n) is 22.8. The van der Waals surface area contributed by atoms with Crippen LogP contribution in [0.5, 0.6) is 5.75 Å². The van der Waals surface area contributed by atoms with Gasteiger partial charge in [0.25, 0.3) is 0 Å². The maximum atomic E-state index is 13.7. The van der Waals surface area contributed by atoms with Gasteiger partial charge in [-0.05, 0) is 87.1 Å². The first-order chi connectivity index (χ1) is 29.8. The van der Waals surface area contributed by atoms with Gasteiger partial charge in [0, 0.05) is 0 Å². The van der Waals surface area contributed by atoms with Crippen molar-refractivity contribution >= 4 is 35.8 Å². The summed E-state index contributed by atoms with van der Waals surface area (Å²) in [4.78, 5) is 78.5. The van der Waals surface area contributed by atoms with Crippen LogP contribution in [0.1, 0.15) is 143 Å². The van der Waals surface area contributed by atoms with Gasteiger partial charge in [0.2, 0.25) is 18.2 Å². The van der Waals surface area contributed by atoms with Crippen molar-refractivity contribution in [1.82, 2.24) is 10.2 Å². The lowest BCUT2D eigenvalue weighted by molar-refractivity contribution is -0.169. The lowest BCUT2D eigenvalue weighted by Crippen LogP contribution is -2.65. The number of carbonyl (C=O) groups excluding carboxylic acids is 5. The molecule has 12 N–H and O–H groups in total. The number of Topliss-reactive ketones (excluding diaryl/α,β-unsaturated/α-hetero) is 2. The van der Waals surface area contributed by atoms with Crippen LogP contribution in [0, 0.1) is 11.8 Å². The number of nitrogens with zero attached hydrogens (tertiary/aromatic N) is 1. The number of rotatable bonds is 30. The van der Waals surface area contributed by atoms with Crippen molar-refractivity contribution in [3.05, 3.63) is 65.7 Å². The van der Waals surface area contributed by atoms with Crippen molar-refractivity contribution in [1.29, 1.82) is 0 Å². The number of aliphatic hydroxyl groups is 1. The molecule has 0 bridgehead atoms. The van der Waals surface area contributed by atoms with Gasteiger partial charge in [-0.3, -0.25) is 28.9 Å². The molecule has 354 valence electrons. The Bertz CT molecular complexity index is 1680. The van der Waals surface area contributed by atoms with E-state index >= 15 is 0 Å². The molecule has 2 rings (SSSR count). The SMILES string of the molecule is CCCCC(N)C(=O)C(C)C(O)(C(=O)C(CC(C)C)NC=O)c1ccccc1.CCCCCC(CCCCN)(C(=O)O)N(C(=O)C(N)CCCC)C(=O)C(N)Cc1ccc(O)cc1. The molecule has 0 aliphatic carbocycles. The number of imide groups is 1. The predicted molar refractivity (Wildman–Crippen MR) is 246 cm³/mol. The molecular weight excluding hydrogens is 805 g/mol. The van der Waals surface area contributed by atoms with E-state index in [2.05, 4.69) is 5.32 Å². The van der Waals surface area contributed by atoms with Gasteiger partial charge in [-0.15, -0.1) is 0 Å². The predicted octanol–water partition coefficient (Wildman–Crippen LogP) is 4.99. The average molecular weight is 883 g/mol. The zero-order chi connectivity index (χ0) is 47.8. The summed E-state index contributed by atoms with van der Waals surface area (Å²) < 4.78 is 0. The molecule has 0 radical (unpaired) electrons. The van der Waals surface area contributed by atoms with Crippen LogP contribution in [0.25, 0.3) is 0 Å². The smallest absolute Gasteiger partial charge is 0.330 e. The highest BCUT2D eigenvalue weighted by molar-refractivity contribution is 6.05. The van der Waals surface area contributed by atoms with Crippen LogP contribution in [0.2, 0.25) is 0 Å². The molecule has 7 unspecified atom stereocenters. The fourth-order valence-corrected chi connectivity index (χ4v) is 7.73. The number of nitrogens with two attached hydrogens (primary N) is 4. The Morgan fingerprint density at radius 2 is 1.27 bits per heavy atom. The molecule has 0 aliphatic rings. The Balaban J connectivity index is 0.000000646. The second-order valence-electron chi connectivity index (χ2n) is 17.1. The summed E-state index contributed by atoms with van der Waals surface area (Å²) in [5.74, 6) is -4.49. The number of carboxylic acid groups (broad SMARTS) is 1. The summed E-state index contributed by atoms with van der Waals surface area (Å²) >= 11 is 0. The minimum absolute atomic E-state index is 0.0769. The fraction of sp³-hybridized carbons (Fsp3) is 0.625. The van der Waals surface area contributed by atoms with E-state index in [0.717, 1.165) is 37.0 Å². The summed E-state index contributed by atoms with van der Waals surface area (Å²) in [7, 11) is 0. The molecular formula is C48H78N6O9. The van der Waals surface area contributed by atoms with Crippen LogP contribution in [-0.2, 0) is 40.8 Å². The third-order valence-electron chi connectivity index (χ3n) is 11.6. The normalized spacial score (nSPS) is 15.6. The molecule has 2 aromatic carbocycles. The molecule has 0 aromatic heterocycles. The number of aromatic hydroxyl groups is 1. The lowest BCUT2D eigenvalue weighted by atomic mass is 9.72. The number of phenols is 1. The summed E-state index contributed by atoms with van der Waals surface area (Å²) in [5, 5.41) is 34.1. The second-order valence-corrected chi connectivity index (χ2v) is 17.1.